The van der Waals surface area contributed by atoms with Gasteiger partial charge in [-0.1, -0.05) is 13.3 Å². The number of rotatable bonds is 6. The summed E-state index contributed by atoms with van der Waals surface area (Å²) in [6.07, 6.45) is 3.87. The van der Waals surface area contributed by atoms with Gasteiger partial charge in [0.25, 0.3) is 0 Å². The third-order valence-corrected chi connectivity index (χ3v) is 2.30. The van der Waals surface area contributed by atoms with Crippen LogP contribution in [0.3, 0.4) is 0 Å². The Balaban J connectivity index is 2.32. The van der Waals surface area contributed by atoms with E-state index in [9.17, 15) is 0 Å². The lowest BCUT2D eigenvalue weighted by molar-refractivity contribution is 0.500. The number of hydrogen-bond acceptors (Lipinski definition) is 4. The van der Waals surface area contributed by atoms with Gasteiger partial charge in [-0.25, -0.2) is 0 Å². The van der Waals surface area contributed by atoms with Gasteiger partial charge in [0.05, 0.1) is 0 Å². The molecule has 4 heteroatoms. The molecule has 1 aromatic heterocycles. The Kier molecular flexibility index (Phi) is 4.93. The molecule has 1 rings (SSSR count). The van der Waals surface area contributed by atoms with E-state index in [1.807, 2.05) is 12.1 Å². The topological polar surface area (TPSA) is 63.8 Å². The van der Waals surface area contributed by atoms with Gasteiger partial charge in [0.2, 0.25) is 0 Å². The summed E-state index contributed by atoms with van der Waals surface area (Å²) in [5.74, 6) is 1.46. The first kappa shape index (κ1) is 10.9. The van der Waals surface area contributed by atoms with Crippen molar-refractivity contribution in [3.05, 3.63) is 18.3 Å². The number of nitrogens with zero attached hydrogens (tertiary/aromatic N) is 2. The number of anilines is 1. The normalized spacial score (nSPS) is 12.4. The van der Waals surface area contributed by atoms with Crippen molar-refractivity contribution in [3.63, 3.8) is 0 Å². The highest BCUT2D eigenvalue weighted by Gasteiger charge is 2.04. The monoisotopic (exact) mass is 194 g/mol. The highest BCUT2D eigenvalue weighted by Crippen LogP contribution is 2.08. The number of hydrogen-bond donors (Lipinski definition) is 2. The zero-order chi connectivity index (χ0) is 10.2. The van der Waals surface area contributed by atoms with E-state index in [-0.39, 0.29) is 0 Å². The quantitative estimate of drug-likeness (QED) is 0.715. The SMILES string of the molecule is CCC(CCN)CNc1cccnn1. The van der Waals surface area contributed by atoms with E-state index in [1.54, 1.807) is 6.20 Å². The molecule has 0 radical (unpaired) electrons. The molecule has 14 heavy (non-hydrogen) atoms. The minimum Gasteiger partial charge on any atom is -0.368 e. The summed E-state index contributed by atoms with van der Waals surface area (Å²) in [4.78, 5) is 0. The predicted molar refractivity (Wildman–Crippen MR) is 58.0 cm³/mol. The first-order valence-corrected chi connectivity index (χ1v) is 5.08. The zero-order valence-corrected chi connectivity index (χ0v) is 8.61. The largest absolute Gasteiger partial charge is 0.368 e. The van der Waals surface area contributed by atoms with Crippen LogP contribution in [0.4, 0.5) is 5.82 Å². The van der Waals surface area contributed by atoms with Gasteiger partial charge in [0.15, 0.2) is 0 Å². The second-order valence-electron chi connectivity index (χ2n) is 3.34. The van der Waals surface area contributed by atoms with Crippen molar-refractivity contribution in [1.82, 2.24) is 10.2 Å². The fourth-order valence-electron chi connectivity index (χ4n) is 1.33. The maximum absolute atomic E-state index is 5.52. The fourth-order valence-corrected chi connectivity index (χ4v) is 1.33. The molecule has 0 aliphatic carbocycles. The van der Waals surface area contributed by atoms with E-state index >= 15 is 0 Å². The van der Waals surface area contributed by atoms with Gasteiger partial charge in [-0.3, -0.25) is 0 Å². The van der Waals surface area contributed by atoms with Crippen molar-refractivity contribution in [2.75, 3.05) is 18.4 Å². The molecule has 78 valence electrons. The average molecular weight is 194 g/mol. The third kappa shape index (κ3) is 3.70. The number of aromatic nitrogens is 2. The van der Waals surface area contributed by atoms with Gasteiger partial charge in [-0.15, -0.1) is 5.10 Å². The van der Waals surface area contributed by atoms with Crippen molar-refractivity contribution in [1.29, 1.82) is 0 Å². The molecule has 1 unspecified atom stereocenters. The molecule has 0 saturated carbocycles. The molecule has 0 aliphatic rings. The summed E-state index contributed by atoms with van der Waals surface area (Å²) >= 11 is 0. The molecule has 4 nitrogen and oxygen atoms in total. The molecule has 0 aromatic carbocycles. The Bertz CT molecular complexity index is 237. The zero-order valence-electron chi connectivity index (χ0n) is 8.61. The van der Waals surface area contributed by atoms with Crippen molar-refractivity contribution in [2.24, 2.45) is 11.7 Å². The maximum atomic E-state index is 5.52. The number of nitrogens with one attached hydrogen (secondary N) is 1. The molecule has 0 bridgehead atoms. The maximum Gasteiger partial charge on any atom is 0.148 e. The summed E-state index contributed by atoms with van der Waals surface area (Å²) in [6.45, 7) is 3.85. The summed E-state index contributed by atoms with van der Waals surface area (Å²) in [6, 6.07) is 3.79. The van der Waals surface area contributed by atoms with Gasteiger partial charge in [-0.2, -0.15) is 5.10 Å². The second kappa shape index (κ2) is 6.32. The van der Waals surface area contributed by atoms with Crippen LogP contribution < -0.4 is 11.1 Å². The van der Waals surface area contributed by atoms with Crippen molar-refractivity contribution in [3.8, 4) is 0 Å². The lowest BCUT2D eigenvalue weighted by Crippen LogP contribution is -2.17. The lowest BCUT2D eigenvalue weighted by atomic mass is 10.0. The van der Waals surface area contributed by atoms with Crippen LogP contribution in [-0.4, -0.2) is 23.3 Å². The van der Waals surface area contributed by atoms with E-state index in [0.717, 1.165) is 31.7 Å². The van der Waals surface area contributed by atoms with Crippen LogP contribution >= 0.6 is 0 Å². The highest BCUT2D eigenvalue weighted by molar-refractivity contribution is 5.31. The molecule has 0 saturated heterocycles. The van der Waals surface area contributed by atoms with Crippen LogP contribution in [-0.2, 0) is 0 Å². The molecule has 0 spiro atoms. The Labute approximate surface area is 84.9 Å². The standard InChI is InChI=1S/C10H18N4/c1-2-9(5-6-11)8-12-10-4-3-7-13-14-10/h3-4,7,9H,2,5-6,8,11H2,1H3,(H,12,14). The molecule has 1 atom stereocenters. The predicted octanol–water partition coefficient (Wildman–Crippen LogP) is 1.26. The minimum absolute atomic E-state index is 0.627. The minimum atomic E-state index is 0.627. The molecule has 0 fully saturated rings. The van der Waals surface area contributed by atoms with Crippen LogP contribution in [0.1, 0.15) is 19.8 Å². The van der Waals surface area contributed by atoms with Crippen LogP contribution in [0.5, 0.6) is 0 Å². The summed E-state index contributed by atoms with van der Waals surface area (Å²) in [5.41, 5.74) is 5.52. The average Bonchev–Trinajstić information content (AvgIpc) is 2.25. The highest BCUT2D eigenvalue weighted by atomic mass is 15.2. The first-order chi connectivity index (χ1) is 6.86. The molecular formula is C10H18N4. The van der Waals surface area contributed by atoms with E-state index in [1.165, 1.54) is 0 Å². The van der Waals surface area contributed by atoms with Gasteiger partial charge < -0.3 is 11.1 Å². The van der Waals surface area contributed by atoms with Crippen LogP contribution in [0.2, 0.25) is 0 Å². The van der Waals surface area contributed by atoms with Crippen molar-refractivity contribution in [2.45, 2.75) is 19.8 Å². The number of nitrogens with two attached hydrogens (primary N) is 1. The van der Waals surface area contributed by atoms with E-state index in [4.69, 9.17) is 5.73 Å². The lowest BCUT2D eigenvalue weighted by Gasteiger charge is -2.14. The Morgan fingerprint density at radius 3 is 3.00 bits per heavy atom. The van der Waals surface area contributed by atoms with Crippen LogP contribution in [0.15, 0.2) is 18.3 Å². The molecule has 0 amide bonds. The van der Waals surface area contributed by atoms with E-state index in [2.05, 4.69) is 22.4 Å². The second-order valence-corrected chi connectivity index (χ2v) is 3.34. The summed E-state index contributed by atoms with van der Waals surface area (Å²) in [5, 5.41) is 11.0. The van der Waals surface area contributed by atoms with Crippen LogP contribution in [0.25, 0.3) is 0 Å². The Morgan fingerprint density at radius 1 is 1.57 bits per heavy atom. The van der Waals surface area contributed by atoms with E-state index < -0.39 is 0 Å². The molecule has 3 N–H and O–H groups in total. The van der Waals surface area contributed by atoms with Crippen LogP contribution in [0, 0.1) is 5.92 Å². The Hall–Kier alpha value is -1.16. The molecule has 0 aliphatic heterocycles. The van der Waals surface area contributed by atoms with Crippen molar-refractivity contribution < 1.29 is 0 Å². The Morgan fingerprint density at radius 2 is 2.43 bits per heavy atom. The fraction of sp³-hybridized carbons (Fsp3) is 0.600. The first-order valence-electron chi connectivity index (χ1n) is 5.08. The summed E-state index contributed by atoms with van der Waals surface area (Å²) < 4.78 is 0. The van der Waals surface area contributed by atoms with Crippen molar-refractivity contribution >= 4 is 5.82 Å². The molecular weight excluding hydrogens is 176 g/mol. The van der Waals surface area contributed by atoms with Gasteiger partial charge in [-0.05, 0) is 31.0 Å². The molecule has 1 aromatic rings. The summed E-state index contributed by atoms with van der Waals surface area (Å²) in [7, 11) is 0. The van der Waals surface area contributed by atoms with Gasteiger partial charge in [0.1, 0.15) is 5.82 Å². The van der Waals surface area contributed by atoms with E-state index in [0.29, 0.717) is 5.92 Å². The smallest absolute Gasteiger partial charge is 0.148 e. The third-order valence-electron chi connectivity index (χ3n) is 2.30. The van der Waals surface area contributed by atoms with Gasteiger partial charge >= 0.3 is 0 Å². The molecule has 1 heterocycles. The van der Waals surface area contributed by atoms with Gasteiger partial charge in [0, 0.05) is 12.7 Å².